The summed E-state index contributed by atoms with van der Waals surface area (Å²) in [5.74, 6) is -9.48. The Labute approximate surface area is 445 Å². The van der Waals surface area contributed by atoms with Crippen molar-refractivity contribution in [2.24, 2.45) is 35.3 Å². The van der Waals surface area contributed by atoms with Crippen LogP contribution in [0.4, 0.5) is 0 Å². The minimum absolute atomic E-state index is 0.0559. The molecule has 1 heterocycles. The summed E-state index contributed by atoms with van der Waals surface area (Å²) < 4.78 is 0. The Morgan fingerprint density at radius 2 is 1.00 bits per heavy atom. The molecule has 1 fully saturated rings. The molecule has 0 spiro atoms. The number of amides is 9. The third kappa shape index (κ3) is 24.5. The van der Waals surface area contributed by atoms with Crippen LogP contribution in [0.1, 0.15) is 127 Å². The summed E-state index contributed by atoms with van der Waals surface area (Å²) in [6, 6.07) is -10.4. The molecule has 74 heavy (non-hydrogen) atoms. The van der Waals surface area contributed by atoms with E-state index < -0.39 is 127 Å². The number of hydrogen-bond donors (Lipinski definition) is 12. The fraction of sp³-hybridized carbons (Fsp3) is 0.776. The Morgan fingerprint density at radius 1 is 0.581 bits per heavy atom. The van der Waals surface area contributed by atoms with Crippen molar-refractivity contribution in [3.05, 3.63) is 0 Å². The number of hydrogen-bond acceptors (Lipinski definition) is 14. The predicted molar refractivity (Wildman–Crippen MR) is 283 cm³/mol. The van der Waals surface area contributed by atoms with Crippen molar-refractivity contribution in [3.63, 3.8) is 0 Å². The van der Waals surface area contributed by atoms with Crippen LogP contribution < -0.4 is 48.3 Å². The van der Waals surface area contributed by atoms with Crippen LogP contribution in [0.15, 0.2) is 0 Å². The molecule has 25 heteroatoms. The molecule has 0 aliphatic carbocycles. The quantitative estimate of drug-likeness (QED) is 0.0386. The largest absolute Gasteiger partial charge is 0.481 e. The van der Waals surface area contributed by atoms with Gasteiger partial charge in [0, 0.05) is 18.7 Å². The Morgan fingerprint density at radius 3 is 1.42 bits per heavy atom. The topological polar surface area (TPSA) is 354 Å². The van der Waals surface area contributed by atoms with Crippen molar-refractivity contribution in [1.29, 1.82) is 0 Å². The number of carboxylic acids is 2. The van der Waals surface area contributed by atoms with Crippen molar-refractivity contribution >= 4 is 89.5 Å². The third-order valence-corrected chi connectivity index (χ3v) is 13.0. The first-order chi connectivity index (χ1) is 34.5. The highest BCUT2D eigenvalue weighted by Gasteiger charge is 2.39. The van der Waals surface area contributed by atoms with Crippen molar-refractivity contribution in [2.75, 3.05) is 30.9 Å². The molecule has 9 atom stereocenters. The lowest BCUT2D eigenvalue weighted by Gasteiger charge is -2.30. The summed E-state index contributed by atoms with van der Waals surface area (Å²) in [6.45, 7) is 17.8. The summed E-state index contributed by atoms with van der Waals surface area (Å²) in [5, 5.41) is 39.7. The van der Waals surface area contributed by atoms with Gasteiger partial charge in [-0.15, -0.1) is 0 Å². The molecule has 9 amide bonds. The van der Waals surface area contributed by atoms with Crippen LogP contribution in [0, 0.1) is 29.6 Å². The summed E-state index contributed by atoms with van der Waals surface area (Å²) in [6.07, 6.45) is 2.33. The molecule has 1 aliphatic rings. The smallest absolute Gasteiger partial charge is 0.326 e. The lowest BCUT2D eigenvalue weighted by Crippen LogP contribution is -2.59. The minimum atomic E-state index is -1.47. The second-order valence-corrected chi connectivity index (χ2v) is 22.3. The van der Waals surface area contributed by atoms with Crippen molar-refractivity contribution < 1.29 is 63.0 Å². The van der Waals surface area contributed by atoms with E-state index in [1.54, 1.807) is 47.8 Å². The predicted octanol–water partition coefficient (Wildman–Crippen LogP) is 0.287. The summed E-state index contributed by atoms with van der Waals surface area (Å²) in [4.78, 5) is 147. The fourth-order valence-electron chi connectivity index (χ4n) is 7.98. The van der Waals surface area contributed by atoms with Gasteiger partial charge in [-0.25, -0.2) is 4.79 Å². The number of thioether (sulfide) groups is 1. The highest BCUT2D eigenvalue weighted by Crippen LogP contribution is 2.21. The molecule has 0 radical (unpaired) electrons. The van der Waals surface area contributed by atoms with Crippen molar-refractivity contribution in [1.82, 2.24) is 47.4 Å². The normalized spacial score (nSPS) is 16.8. The van der Waals surface area contributed by atoms with Crippen LogP contribution in [0.2, 0.25) is 0 Å². The second-order valence-electron chi connectivity index (χ2n) is 20.9. The number of aliphatic carboxylic acids is 2. The number of thiol groups is 1. The van der Waals surface area contributed by atoms with Gasteiger partial charge < -0.3 is 63.4 Å². The van der Waals surface area contributed by atoms with Gasteiger partial charge in [-0.05, 0) is 93.0 Å². The molecule has 23 nitrogen and oxygen atoms in total. The number of carboxylic acid groups (broad SMARTS) is 2. The minimum Gasteiger partial charge on any atom is -0.481 e. The number of rotatable bonds is 34. The second kappa shape index (κ2) is 33.7. The van der Waals surface area contributed by atoms with E-state index in [1.165, 1.54) is 16.7 Å². The van der Waals surface area contributed by atoms with Gasteiger partial charge in [0.1, 0.15) is 48.3 Å². The first kappa shape index (κ1) is 66.8. The number of nitrogens with two attached hydrogens (primary N) is 1. The lowest BCUT2D eigenvalue weighted by atomic mass is 9.98. The van der Waals surface area contributed by atoms with Crippen LogP contribution in [0.3, 0.4) is 0 Å². The van der Waals surface area contributed by atoms with E-state index in [-0.39, 0.29) is 79.8 Å². The lowest BCUT2D eigenvalue weighted by molar-refractivity contribution is -0.143. The Hall–Kier alpha value is -5.17. The molecular weight excluding hydrogens is 1000 g/mol. The average Bonchev–Trinajstić information content (AvgIpc) is 3.80. The number of carbonyl (C=O) groups excluding carboxylic acids is 9. The van der Waals surface area contributed by atoms with Crippen molar-refractivity contribution in [2.45, 2.75) is 181 Å². The molecule has 0 bridgehead atoms. The van der Waals surface area contributed by atoms with Gasteiger partial charge in [-0.3, -0.25) is 47.9 Å². The maximum Gasteiger partial charge on any atom is 0.326 e. The molecule has 0 aromatic heterocycles. The molecule has 1 rings (SSSR count). The van der Waals surface area contributed by atoms with Crippen LogP contribution in [0.25, 0.3) is 0 Å². The summed E-state index contributed by atoms with van der Waals surface area (Å²) in [7, 11) is 0. The van der Waals surface area contributed by atoms with Gasteiger partial charge in [0.25, 0.3) is 0 Å². The van der Waals surface area contributed by atoms with E-state index in [2.05, 4.69) is 55.2 Å². The molecule has 422 valence electrons. The van der Waals surface area contributed by atoms with E-state index in [9.17, 15) is 63.0 Å². The van der Waals surface area contributed by atoms with Crippen molar-refractivity contribution in [3.8, 4) is 0 Å². The van der Waals surface area contributed by atoms with Crippen LogP contribution in [-0.4, -0.2) is 165 Å². The summed E-state index contributed by atoms with van der Waals surface area (Å²) in [5.41, 5.74) is 6.11. The zero-order valence-electron chi connectivity index (χ0n) is 45.0. The van der Waals surface area contributed by atoms with E-state index in [0.29, 0.717) is 25.1 Å². The van der Waals surface area contributed by atoms with Crippen LogP contribution >= 0.6 is 24.4 Å². The molecule has 12 N–H and O–H groups in total. The van der Waals surface area contributed by atoms with Gasteiger partial charge in [-0.1, -0.05) is 69.2 Å². The van der Waals surface area contributed by atoms with Gasteiger partial charge in [0.05, 0.1) is 12.6 Å². The molecule has 1 saturated heterocycles. The van der Waals surface area contributed by atoms with E-state index in [0.717, 1.165) is 0 Å². The maximum absolute atomic E-state index is 14.0. The molecule has 0 aromatic rings. The monoisotopic (exact) mass is 1090 g/mol. The number of nitrogens with one attached hydrogen (secondary N) is 8. The summed E-state index contributed by atoms with van der Waals surface area (Å²) >= 11 is 5.61. The van der Waals surface area contributed by atoms with Gasteiger partial charge in [-0.2, -0.15) is 24.4 Å². The van der Waals surface area contributed by atoms with Crippen LogP contribution in [-0.2, 0) is 52.7 Å². The zero-order chi connectivity index (χ0) is 56.6. The third-order valence-electron chi connectivity index (χ3n) is 12.0. The first-order valence-corrected chi connectivity index (χ1v) is 27.5. The van der Waals surface area contributed by atoms with Crippen LogP contribution in [0.5, 0.6) is 0 Å². The molecule has 1 aliphatic heterocycles. The van der Waals surface area contributed by atoms with Gasteiger partial charge in [0.15, 0.2) is 0 Å². The maximum atomic E-state index is 14.0. The van der Waals surface area contributed by atoms with Gasteiger partial charge >= 0.3 is 11.9 Å². The van der Waals surface area contributed by atoms with E-state index >= 15 is 0 Å². The Kier molecular flexibility index (Phi) is 30.4. The zero-order valence-corrected chi connectivity index (χ0v) is 46.8. The standard InChI is InChI=1S/C49H86N10O13S2/c1-25(2)19-32(52-38(60)23-51-41(63)36(24-73)58-46(68)35(22-28(7)8)57-47(69)37-13-12-17-59(37)48(70)40(50)29(9)10)43(65)55-34(21-27(5)6)45(67)56-33(20-26(3)4)44(66)53-30(14-15-39(61)62)42(64)54-31(49(71)72)16-18-74-11/h25-37,40,73H,12-24,50H2,1-11H3,(H,51,63)(H,52,60)(H,53,66)(H,54,64)(H,55,65)(H,56,67)(H,57,69)(H,58,68)(H,61,62)(H,71,72)/t30-,31-,32-,33-,34-,35-,36-,37-,40-/m0/s1. The Bertz CT molecular complexity index is 1920. The first-order valence-electron chi connectivity index (χ1n) is 25.5. The van der Waals surface area contributed by atoms with Gasteiger partial charge in [0.2, 0.25) is 53.2 Å². The molecular formula is C49H86N10O13S2. The molecule has 0 aromatic carbocycles. The molecule has 0 saturated carbocycles. The highest BCUT2D eigenvalue weighted by molar-refractivity contribution is 7.98. The molecule has 0 unspecified atom stereocenters. The number of nitrogens with zero attached hydrogens (tertiary/aromatic N) is 1. The SMILES string of the molecule is CSCC[C@H](NC(=O)[C@H](CCC(=O)O)NC(=O)[C@H](CC(C)C)NC(=O)[C@H](CC(C)C)NC(=O)[C@H](CC(C)C)NC(=O)CNC(=O)[C@H](CS)NC(=O)[C@H](CC(C)C)NC(=O)[C@@H]1CCCN1C(=O)[C@@H](N)C(C)C)C(=O)O. The fourth-order valence-corrected chi connectivity index (χ4v) is 8.71. The highest BCUT2D eigenvalue weighted by atomic mass is 32.2. The van der Waals surface area contributed by atoms with E-state index in [4.69, 9.17) is 5.73 Å². The number of likely N-dealkylation sites (tertiary alicyclic amines) is 1. The average molecular weight is 1090 g/mol. The Balaban J connectivity index is 3.19. The number of carbonyl (C=O) groups is 11. The van der Waals surface area contributed by atoms with E-state index in [1.807, 2.05) is 27.7 Å².